The Morgan fingerprint density at radius 2 is 2.00 bits per heavy atom. The molecule has 3 heterocycles. The van der Waals surface area contributed by atoms with Crippen LogP contribution in [0.4, 0.5) is 0 Å². The Bertz CT molecular complexity index is 500. The van der Waals surface area contributed by atoms with Crippen molar-refractivity contribution in [2.45, 2.75) is 25.7 Å². The molecule has 3 rings (SSSR count). The number of aryl methyl sites for hydroxylation is 1. The lowest BCUT2D eigenvalue weighted by molar-refractivity contribution is 0.0835. The van der Waals surface area contributed by atoms with Crippen molar-refractivity contribution >= 4 is 5.52 Å². The summed E-state index contributed by atoms with van der Waals surface area (Å²) < 4.78 is 7.55. The highest BCUT2D eigenvalue weighted by molar-refractivity contribution is 5.44. The van der Waals surface area contributed by atoms with E-state index in [9.17, 15) is 0 Å². The van der Waals surface area contributed by atoms with Gasteiger partial charge in [-0.3, -0.25) is 4.98 Å². The topological polar surface area (TPSA) is 39.4 Å². The van der Waals surface area contributed by atoms with E-state index in [2.05, 4.69) is 20.6 Å². The first-order chi connectivity index (χ1) is 7.84. The first-order valence-electron chi connectivity index (χ1n) is 5.72. The first kappa shape index (κ1) is 9.78. The van der Waals surface area contributed by atoms with Crippen molar-refractivity contribution in [3.05, 3.63) is 30.1 Å². The van der Waals surface area contributed by atoms with E-state index in [0.717, 1.165) is 43.1 Å². The van der Waals surface area contributed by atoms with Gasteiger partial charge in [0.05, 0.1) is 23.6 Å². The second-order valence-corrected chi connectivity index (χ2v) is 4.33. The Morgan fingerprint density at radius 1 is 1.25 bits per heavy atom. The number of fused-ring (bicyclic) bond motifs is 1. The zero-order valence-corrected chi connectivity index (χ0v) is 9.39. The smallest absolute Gasteiger partial charge is 0.116 e. The number of hydrogen-bond acceptors (Lipinski definition) is 3. The molecule has 0 saturated carbocycles. The molecule has 1 saturated heterocycles. The molecular formula is C12H15N3O. The number of hydrogen-bond donors (Lipinski definition) is 0. The molecule has 0 aliphatic carbocycles. The molecular weight excluding hydrogens is 202 g/mol. The van der Waals surface area contributed by atoms with Crippen molar-refractivity contribution in [1.82, 2.24) is 14.4 Å². The Labute approximate surface area is 94.3 Å². The summed E-state index contributed by atoms with van der Waals surface area (Å²) in [7, 11) is 0. The summed E-state index contributed by atoms with van der Waals surface area (Å²) in [6.45, 7) is 3.71. The molecule has 0 radical (unpaired) electrons. The van der Waals surface area contributed by atoms with Crippen molar-refractivity contribution in [2.75, 3.05) is 13.2 Å². The fourth-order valence-corrected chi connectivity index (χ4v) is 2.27. The second kappa shape index (κ2) is 3.87. The van der Waals surface area contributed by atoms with Gasteiger partial charge in [0.25, 0.3) is 0 Å². The average Bonchev–Trinajstić information content (AvgIpc) is 2.73. The van der Waals surface area contributed by atoms with Crippen LogP contribution in [0, 0.1) is 6.92 Å². The van der Waals surface area contributed by atoms with Gasteiger partial charge in [-0.15, -0.1) is 0 Å². The Hall–Kier alpha value is -1.42. The summed E-state index contributed by atoms with van der Waals surface area (Å²) in [5.74, 6) is 1.68. The number of imidazole rings is 1. The standard InChI is InChI=1S/C12H15N3O/c1-9-8-15-11(6-13-9)7-14-12(15)10-2-4-16-5-3-10/h6-8,10H,2-5H2,1H3. The highest BCUT2D eigenvalue weighted by atomic mass is 16.5. The molecule has 0 N–H and O–H groups in total. The predicted octanol–water partition coefficient (Wildman–Crippen LogP) is 1.93. The maximum atomic E-state index is 5.38. The maximum Gasteiger partial charge on any atom is 0.116 e. The van der Waals surface area contributed by atoms with Gasteiger partial charge in [-0.05, 0) is 19.8 Å². The summed E-state index contributed by atoms with van der Waals surface area (Å²) in [6, 6.07) is 0. The van der Waals surface area contributed by atoms with Crippen molar-refractivity contribution in [3.8, 4) is 0 Å². The van der Waals surface area contributed by atoms with Crippen LogP contribution in [0.3, 0.4) is 0 Å². The zero-order chi connectivity index (χ0) is 11.0. The molecule has 84 valence electrons. The van der Waals surface area contributed by atoms with E-state index in [1.54, 1.807) is 0 Å². The Kier molecular flexibility index (Phi) is 2.36. The first-order valence-corrected chi connectivity index (χ1v) is 5.72. The van der Waals surface area contributed by atoms with Gasteiger partial charge in [0.2, 0.25) is 0 Å². The van der Waals surface area contributed by atoms with Crippen LogP contribution in [-0.4, -0.2) is 27.6 Å². The fourth-order valence-electron chi connectivity index (χ4n) is 2.27. The number of ether oxygens (including phenoxy) is 1. The van der Waals surface area contributed by atoms with Crippen LogP contribution in [-0.2, 0) is 4.74 Å². The van der Waals surface area contributed by atoms with Gasteiger partial charge in [0.1, 0.15) is 5.82 Å². The van der Waals surface area contributed by atoms with Crippen molar-refractivity contribution in [1.29, 1.82) is 0 Å². The third-order valence-corrected chi connectivity index (χ3v) is 3.16. The summed E-state index contributed by atoms with van der Waals surface area (Å²) >= 11 is 0. The molecule has 1 fully saturated rings. The van der Waals surface area contributed by atoms with Gasteiger partial charge in [0, 0.05) is 25.3 Å². The van der Waals surface area contributed by atoms with E-state index in [-0.39, 0.29) is 0 Å². The fraction of sp³-hybridized carbons (Fsp3) is 0.500. The van der Waals surface area contributed by atoms with Crippen LogP contribution < -0.4 is 0 Å². The molecule has 0 aromatic carbocycles. The van der Waals surface area contributed by atoms with Gasteiger partial charge in [0.15, 0.2) is 0 Å². The molecule has 0 unspecified atom stereocenters. The van der Waals surface area contributed by atoms with Crippen LogP contribution >= 0.6 is 0 Å². The van der Waals surface area contributed by atoms with E-state index in [1.807, 2.05) is 19.3 Å². The van der Waals surface area contributed by atoms with Gasteiger partial charge >= 0.3 is 0 Å². The molecule has 0 spiro atoms. The quantitative estimate of drug-likeness (QED) is 0.732. The van der Waals surface area contributed by atoms with Crippen molar-refractivity contribution in [2.24, 2.45) is 0 Å². The van der Waals surface area contributed by atoms with Crippen LogP contribution in [0.1, 0.15) is 30.3 Å². The second-order valence-electron chi connectivity index (χ2n) is 4.33. The zero-order valence-electron chi connectivity index (χ0n) is 9.39. The van der Waals surface area contributed by atoms with Crippen molar-refractivity contribution in [3.63, 3.8) is 0 Å². The normalized spacial score (nSPS) is 18.1. The van der Waals surface area contributed by atoms with E-state index in [4.69, 9.17) is 4.74 Å². The number of rotatable bonds is 1. The molecule has 4 heteroatoms. The van der Waals surface area contributed by atoms with Gasteiger partial charge in [-0.25, -0.2) is 4.98 Å². The van der Waals surface area contributed by atoms with Crippen LogP contribution in [0.25, 0.3) is 5.52 Å². The molecule has 4 nitrogen and oxygen atoms in total. The average molecular weight is 217 g/mol. The SMILES string of the molecule is Cc1cn2c(C3CCOCC3)ncc2cn1. The van der Waals surface area contributed by atoms with Crippen LogP contribution in [0.2, 0.25) is 0 Å². The highest BCUT2D eigenvalue weighted by Crippen LogP contribution is 2.26. The van der Waals surface area contributed by atoms with Crippen LogP contribution in [0.5, 0.6) is 0 Å². The summed E-state index contributed by atoms with van der Waals surface area (Å²) in [6.07, 6.45) is 7.98. The van der Waals surface area contributed by atoms with E-state index >= 15 is 0 Å². The predicted molar refractivity (Wildman–Crippen MR) is 60.5 cm³/mol. The van der Waals surface area contributed by atoms with Crippen molar-refractivity contribution < 1.29 is 4.74 Å². The molecule has 0 bridgehead atoms. The maximum absolute atomic E-state index is 5.38. The lowest BCUT2D eigenvalue weighted by atomic mass is 10.00. The molecule has 2 aromatic heterocycles. The Balaban J connectivity index is 2.05. The highest BCUT2D eigenvalue weighted by Gasteiger charge is 2.20. The lowest BCUT2D eigenvalue weighted by Crippen LogP contribution is -2.16. The van der Waals surface area contributed by atoms with E-state index < -0.39 is 0 Å². The Morgan fingerprint density at radius 3 is 2.81 bits per heavy atom. The molecule has 1 aliphatic heterocycles. The van der Waals surface area contributed by atoms with Crippen LogP contribution in [0.15, 0.2) is 18.6 Å². The number of nitrogens with zero attached hydrogens (tertiary/aromatic N) is 3. The molecule has 0 amide bonds. The van der Waals surface area contributed by atoms with Gasteiger partial charge in [-0.2, -0.15) is 0 Å². The third kappa shape index (κ3) is 1.59. The lowest BCUT2D eigenvalue weighted by Gasteiger charge is -2.20. The minimum absolute atomic E-state index is 0.526. The summed E-state index contributed by atoms with van der Waals surface area (Å²) in [5.41, 5.74) is 2.10. The van der Waals surface area contributed by atoms with Gasteiger partial charge in [-0.1, -0.05) is 0 Å². The summed E-state index contributed by atoms with van der Waals surface area (Å²) in [4.78, 5) is 8.81. The molecule has 0 atom stereocenters. The monoisotopic (exact) mass is 217 g/mol. The molecule has 16 heavy (non-hydrogen) atoms. The van der Waals surface area contributed by atoms with Gasteiger partial charge < -0.3 is 9.14 Å². The molecule has 2 aromatic rings. The number of aromatic nitrogens is 3. The summed E-state index contributed by atoms with van der Waals surface area (Å²) in [5, 5.41) is 0. The largest absolute Gasteiger partial charge is 0.381 e. The molecule has 1 aliphatic rings. The minimum atomic E-state index is 0.526. The third-order valence-electron chi connectivity index (χ3n) is 3.16. The van der Waals surface area contributed by atoms with E-state index in [1.165, 1.54) is 0 Å². The minimum Gasteiger partial charge on any atom is -0.381 e. The van der Waals surface area contributed by atoms with E-state index in [0.29, 0.717) is 5.92 Å².